The van der Waals surface area contributed by atoms with Crippen molar-refractivity contribution in [3.8, 4) is 5.75 Å². The number of nitrogens with zero attached hydrogens (tertiary/aromatic N) is 1. The van der Waals surface area contributed by atoms with Gasteiger partial charge in [-0.05, 0) is 25.0 Å². The van der Waals surface area contributed by atoms with E-state index in [-0.39, 0.29) is 18.4 Å². The lowest BCUT2D eigenvalue weighted by atomic mass is 9.81. The van der Waals surface area contributed by atoms with Gasteiger partial charge in [-0.3, -0.25) is 9.59 Å². The normalized spacial score (nSPS) is 11.0. The Kier molecular flexibility index (Phi) is 7.03. The van der Waals surface area contributed by atoms with Gasteiger partial charge in [-0.2, -0.15) is 0 Å². The number of carbonyl (C=O) groups is 2. The van der Waals surface area contributed by atoms with Gasteiger partial charge in [-0.15, -0.1) is 0 Å². The van der Waals surface area contributed by atoms with E-state index in [1.165, 1.54) is 4.90 Å². The smallest absolute Gasteiger partial charge is 0.259 e. The average Bonchev–Trinajstić information content (AvgIpc) is 2.55. The fourth-order valence-electron chi connectivity index (χ4n) is 2.15. The third-order valence-corrected chi connectivity index (χ3v) is 4.18. The first-order valence-corrected chi connectivity index (χ1v) is 7.83. The maximum absolute atomic E-state index is 12.5. The summed E-state index contributed by atoms with van der Waals surface area (Å²) in [6, 6.07) is 7.00. The lowest BCUT2D eigenvalue weighted by molar-refractivity contribution is -0.130. The second-order valence-electron chi connectivity index (χ2n) is 5.75. The molecule has 1 aromatic rings. The van der Waals surface area contributed by atoms with E-state index in [9.17, 15) is 9.59 Å². The largest absolute Gasteiger partial charge is 0.484 e. The zero-order chi connectivity index (χ0) is 17.5. The zero-order valence-electron chi connectivity index (χ0n) is 14.4. The number of ether oxygens (including phenoxy) is 1. The Morgan fingerprint density at radius 3 is 2.43 bits per heavy atom. The highest BCUT2D eigenvalue weighted by Crippen LogP contribution is 2.27. The van der Waals surface area contributed by atoms with Crippen molar-refractivity contribution in [2.75, 3.05) is 32.6 Å². The number of carbonyl (C=O) groups excluding carboxylic acids is 2. The molecule has 0 aliphatic heterocycles. The van der Waals surface area contributed by atoms with Crippen LogP contribution in [0.3, 0.4) is 0 Å². The summed E-state index contributed by atoms with van der Waals surface area (Å²) < 4.78 is 5.45. The number of anilines is 1. The Balaban J connectivity index is 2.77. The highest BCUT2D eigenvalue weighted by Gasteiger charge is 2.33. The third-order valence-electron chi connectivity index (χ3n) is 4.18. The first-order chi connectivity index (χ1) is 10.9. The van der Waals surface area contributed by atoms with Crippen LogP contribution in [0, 0.1) is 5.41 Å². The highest BCUT2D eigenvalue weighted by molar-refractivity contribution is 5.95. The molecule has 0 heterocycles. The quantitative estimate of drug-likeness (QED) is 0.765. The number of benzene rings is 1. The van der Waals surface area contributed by atoms with E-state index in [0.717, 1.165) is 0 Å². The Morgan fingerprint density at radius 2 is 1.91 bits per heavy atom. The number of nitrogens with two attached hydrogens (primary N) is 1. The molecule has 0 saturated heterocycles. The predicted octanol–water partition coefficient (Wildman–Crippen LogP) is 1.86. The molecule has 0 atom stereocenters. The highest BCUT2D eigenvalue weighted by atomic mass is 16.5. The summed E-state index contributed by atoms with van der Waals surface area (Å²) in [6.45, 7) is 4.19. The molecule has 0 spiro atoms. The van der Waals surface area contributed by atoms with E-state index in [2.05, 4.69) is 5.32 Å². The Hall–Kier alpha value is -2.08. The summed E-state index contributed by atoms with van der Waals surface area (Å²) in [6.07, 6.45) is 1.36. The van der Waals surface area contributed by atoms with E-state index in [4.69, 9.17) is 10.5 Å². The van der Waals surface area contributed by atoms with Gasteiger partial charge in [0.05, 0.1) is 5.41 Å². The Labute approximate surface area is 138 Å². The van der Waals surface area contributed by atoms with Crippen LogP contribution >= 0.6 is 0 Å². The second-order valence-corrected chi connectivity index (χ2v) is 5.75. The van der Waals surface area contributed by atoms with Gasteiger partial charge in [0.15, 0.2) is 6.61 Å². The Bertz CT molecular complexity index is 531. The van der Waals surface area contributed by atoms with Crippen LogP contribution in [-0.4, -0.2) is 44.0 Å². The molecule has 6 heteroatoms. The summed E-state index contributed by atoms with van der Waals surface area (Å²) in [5.74, 6) is 0.314. The van der Waals surface area contributed by atoms with Crippen molar-refractivity contribution in [3.63, 3.8) is 0 Å². The molecule has 0 unspecified atom stereocenters. The molecule has 0 bridgehead atoms. The minimum atomic E-state index is -0.558. The van der Waals surface area contributed by atoms with Gasteiger partial charge < -0.3 is 20.7 Å². The molecule has 0 aromatic heterocycles. The predicted molar refractivity (Wildman–Crippen MR) is 91.3 cm³/mol. The molecular weight excluding hydrogens is 294 g/mol. The summed E-state index contributed by atoms with van der Waals surface area (Å²) in [7, 11) is 3.34. The number of hydrogen-bond donors (Lipinski definition) is 2. The molecular formula is C17H27N3O3. The van der Waals surface area contributed by atoms with Crippen molar-refractivity contribution in [1.29, 1.82) is 0 Å². The summed E-state index contributed by atoms with van der Waals surface area (Å²) in [5.41, 5.74) is 5.87. The molecule has 0 radical (unpaired) electrons. The van der Waals surface area contributed by atoms with Gasteiger partial charge in [0.2, 0.25) is 5.91 Å². The van der Waals surface area contributed by atoms with Crippen molar-refractivity contribution in [3.05, 3.63) is 24.3 Å². The Morgan fingerprint density at radius 1 is 1.26 bits per heavy atom. The van der Waals surface area contributed by atoms with Gasteiger partial charge in [-0.25, -0.2) is 0 Å². The van der Waals surface area contributed by atoms with E-state index in [1.807, 2.05) is 13.8 Å². The van der Waals surface area contributed by atoms with Crippen LogP contribution in [0.5, 0.6) is 5.75 Å². The van der Waals surface area contributed by atoms with E-state index in [0.29, 0.717) is 30.8 Å². The molecule has 0 aliphatic rings. The van der Waals surface area contributed by atoms with Crippen LogP contribution in [0.25, 0.3) is 0 Å². The molecule has 1 aromatic carbocycles. The second kappa shape index (κ2) is 8.53. The minimum Gasteiger partial charge on any atom is -0.484 e. The third kappa shape index (κ3) is 4.96. The summed E-state index contributed by atoms with van der Waals surface area (Å²) >= 11 is 0. The van der Waals surface area contributed by atoms with Crippen molar-refractivity contribution < 1.29 is 14.3 Å². The lowest BCUT2D eigenvalue weighted by Gasteiger charge is -2.28. The topological polar surface area (TPSA) is 84.7 Å². The number of likely N-dealkylation sites (N-methyl/N-ethyl adjacent to an activating group) is 1. The van der Waals surface area contributed by atoms with Crippen molar-refractivity contribution in [2.24, 2.45) is 11.1 Å². The summed E-state index contributed by atoms with van der Waals surface area (Å²) in [4.78, 5) is 25.5. The first kappa shape index (κ1) is 19.0. The van der Waals surface area contributed by atoms with Crippen LogP contribution < -0.4 is 15.8 Å². The first-order valence-electron chi connectivity index (χ1n) is 7.83. The molecule has 0 fully saturated rings. The maximum Gasteiger partial charge on any atom is 0.259 e. The molecule has 1 rings (SSSR count). The number of amides is 2. The summed E-state index contributed by atoms with van der Waals surface area (Å²) in [5, 5.41) is 2.89. The minimum absolute atomic E-state index is 0.0406. The number of nitrogens with one attached hydrogen (secondary N) is 1. The fourth-order valence-corrected chi connectivity index (χ4v) is 2.15. The molecule has 3 N–H and O–H groups in total. The van der Waals surface area contributed by atoms with Gasteiger partial charge in [0.25, 0.3) is 5.91 Å². The number of rotatable bonds is 8. The van der Waals surface area contributed by atoms with Gasteiger partial charge in [-0.1, -0.05) is 19.9 Å². The molecule has 0 saturated carbocycles. The molecule has 0 aliphatic carbocycles. The van der Waals surface area contributed by atoms with E-state index >= 15 is 0 Å². The van der Waals surface area contributed by atoms with Gasteiger partial charge >= 0.3 is 0 Å². The van der Waals surface area contributed by atoms with Gasteiger partial charge in [0, 0.05) is 32.4 Å². The van der Waals surface area contributed by atoms with Crippen LogP contribution in [0.1, 0.15) is 26.7 Å². The average molecular weight is 321 g/mol. The SMILES string of the molecule is CCC(CC)(CN)C(=O)Nc1cccc(OCC(=O)N(C)C)c1. The molecule has 6 nitrogen and oxygen atoms in total. The monoisotopic (exact) mass is 321 g/mol. The van der Waals surface area contributed by atoms with E-state index in [1.54, 1.807) is 38.4 Å². The van der Waals surface area contributed by atoms with Gasteiger partial charge in [0.1, 0.15) is 5.75 Å². The van der Waals surface area contributed by atoms with Crippen LogP contribution in [0.2, 0.25) is 0 Å². The standard InChI is InChI=1S/C17H27N3O3/c1-5-17(6-2,12-18)16(22)19-13-8-7-9-14(10-13)23-11-15(21)20(3)4/h7-10H,5-6,11-12,18H2,1-4H3,(H,19,22). The van der Waals surface area contributed by atoms with Crippen LogP contribution in [0.4, 0.5) is 5.69 Å². The fraction of sp³-hybridized carbons (Fsp3) is 0.529. The molecule has 128 valence electrons. The zero-order valence-corrected chi connectivity index (χ0v) is 14.4. The van der Waals surface area contributed by atoms with Crippen LogP contribution in [-0.2, 0) is 9.59 Å². The number of hydrogen-bond acceptors (Lipinski definition) is 4. The van der Waals surface area contributed by atoms with Crippen molar-refractivity contribution in [1.82, 2.24) is 4.90 Å². The molecule has 2 amide bonds. The van der Waals surface area contributed by atoms with E-state index < -0.39 is 5.41 Å². The maximum atomic E-state index is 12.5. The molecule has 23 heavy (non-hydrogen) atoms. The van der Waals surface area contributed by atoms with Crippen LogP contribution in [0.15, 0.2) is 24.3 Å². The lowest BCUT2D eigenvalue weighted by Crippen LogP contribution is -2.41. The van der Waals surface area contributed by atoms with Crippen molar-refractivity contribution >= 4 is 17.5 Å². The van der Waals surface area contributed by atoms with Crippen molar-refractivity contribution in [2.45, 2.75) is 26.7 Å².